The van der Waals surface area contributed by atoms with E-state index < -0.39 is 6.16 Å². The van der Waals surface area contributed by atoms with Gasteiger partial charge in [-0.1, -0.05) is 50.5 Å². The third-order valence-corrected chi connectivity index (χ3v) is 8.86. The molecule has 0 aromatic heterocycles. The maximum Gasteiger partial charge on any atom is 0.503 e. The average molecular weight is 595 g/mol. The molecular formula is C34H46N2O7. The summed E-state index contributed by atoms with van der Waals surface area (Å²) in [6.45, 7) is 5.59. The molecular weight excluding hydrogens is 548 g/mol. The highest BCUT2D eigenvalue weighted by molar-refractivity contribution is 6.01. The summed E-state index contributed by atoms with van der Waals surface area (Å²) in [7, 11) is 1.73. The van der Waals surface area contributed by atoms with E-state index in [1.807, 2.05) is 0 Å². The Hall–Kier alpha value is -3.59. The van der Waals surface area contributed by atoms with Crippen LogP contribution in [0.15, 0.2) is 36.4 Å². The van der Waals surface area contributed by atoms with Crippen LogP contribution in [0.25, 0.3) is 0 Å². The lowest BCUT2D eigenvalue weighted by atomic mass is 9.88. The highest BCUT2D eigenvalue weighted by Gasteiger charge is 2.28. The van der Waals surface area contributed by atoms with E-state index in [0.717, 1.165) is 68.4 Å². The van der Waals surface area contributed by atoms with Crippen LogP contribution < -0.4 is 9.47 Å². The van der Waals surface area contributed by atoms with Crippen LogP contribution in [0.4, 0.5) is 4.79 Å². The number of amides is 2. The molecule has 0 bridgehead atoms. The van der Waals surface area contributed by atoms with Crippen molar-refractivity contribution in [3.63, 3.8) is 0 Å². The first-order valence-electron chi connectivity index (χ1n) is 15.7. The summed E-state index contributed by atoms with van der Waals surface area (Å²) >= 11 is 0. The van der Waals surface area contributed by atoms with Gasteiger partial charge in [0.1, 0.15) is 11.5 Å². The molecule has 2 heterocycles. The Morgan fingerprint density at radius 2 is 1.77 bits per heavy atom. The molecule has 2 fully saturated rings. The minimum atomic E-state index is -1.83. The summed E-state index contributed by atoms with van der Waals surface area (Å²) < 4.78 is 11.6. The number of benzene rings is 2. The summed E-state index contributed by atoms with van der Waals surface area (Å²) in [6.07, 6.45) is 9.20. The van der Waals surface area contributed by atoms with E-state index in [1.165, 1.54) is 53.7 Å². The fourth-order valence-electron chi connectivity index (χ4n) is 6.75. The Bertz CT molecular complexity index is 1240. The van der Waals surface area contributed by atoms with Crippen molar-refractivity contribution in [2.75, 3.05) is 26.8 Å². The molecule has 1 aliphatic carbocycles. The molecule has 2 N–H and O–H groups in total. The third kappa shape index (κ3) is 8.95. The van der Waals surface area contributed by atoms with Crippen LogP contribution in [0.5, 0.6) is 11.5 Å². The number of carboxylic acid groups (broad SMARTS) is 2. The van der Waals surface area contributed by atoms with E-state index in [9.17, 15) is 9.59 Å². The number of fused-ring (bicyclic) bond motifs is 1. The Kier molecular flexibility index (Phi) is 11.8. The zero-order valence-corrected chi connectivity index (χ0v) is 25.6. The van der Waals surface area contributed by atoms with Crippen LogP contribution in [0.2, 0.25) is 0 Å². The zero-order chi connectivity index (χ0) is 30.8. The van der Waals surface area contributed by atoms with E-state index in [0.29, 0.717) is 25.4 Å². The Morgan fingerprint density at radius 1 is 1.05 bits per heavy atom. The Morgan fingerprint density at radius 3 is 2.44 bits per heavy atom. The van der Waals surface area contributed by atoms with Crippen LogP contribution in [0.3, 0.4) is 0 Å². The molecule has 9 nitrogen and oxygen atoms in total. The van der Waals surface area contributed by atoms with E-state index in [4.69, 9.17) is 24.5 Å². The number of hydrogen-bond donors (Lipinski definition) is 2. The summed E-state index contributed by atoms with van der Waals surface area (Å²) in [5.74, 6) is 2.62. The van der Waals surface area contributed by atoms with Gasteiger partial charge in [0.15, 0.2) is 0 Å². The molecule has 2 amide bonds. The average Bonchev–Trinajstić information content (AvgIpc) is 3.59. The Balaban J connectivity index is 0.000000996. The maximum absolute atomic E-state index is 11.9. The fourth-order valence-corrected chi connectivity index (χ4v) is 6.75. The second-order valence-corrected chi connectivity index (χ2v) is 11.8. The van der Waals surface area contributed by atoms with Crippen molar-refractivity contribution in [1.29, 1.82) is 0 Å². The molecule has 2 aliphatic heterocycles. The number of hydrogen-bond acceptors (Lipinski definition) is 6. The molecule has 5 rings (SSSR count). The molecule has 0 radical (unpaired) electrons. The van der Waals surface area contributed by atoms with Gasteiger partial charge in [-0.2, -0.15) is 0 Å². The summed E-state index contributed by atoms with van der Waals surface area (Å²) in [5.41, 5.74) is 5.13. The van der Waals surface area contributed by atoms with Gasteiger partial charge in [0.2, 0.25) is 11.8 Å². The zero-order valence-electron chi connectivity index (χ0n) is 25.6. The van der Waals surface area contributed by atoms with Crippen molar-refractivity contribution in [3.8, 4) is 11.5 Å². The molecule has 1 saturated heterocycles. The number of imide groups is 1. The predicted octanol–water partition coefficient (Wildman–Crippen LogP) is 6.47. The number of nitrogens with zero attached hydrogens (tertiary/aromatic N) is 2. The van der Waals surface area contributed by atoms with Gasteiger partial charge in [0, 0.05) is 44.9 Å². The van der Waals surface area contributed by atoms with Gasteiger partial charge in [-0.25, -0.2) is 4.79 Å². The molecule has 3 aliphatic rings. The second kappa shape index (κ2) is 15.8. The normalized spacial score (nSPS) is 17.3. The van der Waals surface area contributed by atoms with E-state index in [1.54, 1.807) is 7.11 Å². The van der Waals surface area contributed by atoms with Crippen molar-refractivity contribution in [3.05, 3.63) is 58.7 Å². The highest BCUT2D eigenvalue weighted by Crippen LogP contribution is 2.35. The summed E-state index contributed by atoms with van der Waals surface area (Å²) in [6, 6.07) is 13.8. The van der Waals surface area contributed by atoms with Crippen LogP contribution in [-0.2, 0) is 29.0 Å². The summed E-state index contributed by atoms with van der Waals surface area (Å²) in [5, 5.41) is 13.9. The minimum absolute atomic E-state index is 0.0401. The number of likely N-dealkylation sites (tertiary alicyclic amines) is 1. The lowest BCUT2D eigenvalue weighted by molar-refractivity contribution is -0.138. The van der Waals surface area contributed by atoms with E-state index >= 15 is 0 Å². The van der Waals surface area contributed by atoms with Gasteiger partial charge in [-0.3, -0.25) is 19.4 Å². The number of aryl methyl sites for hydroxylation is 1. The molecule has 1 saturated carbocycles. The molecule has 1 unspecified atom stereocenters. The molecule has 1 atom stereocenters. The quantitative estimate of drug-likeness (QED) is 0.269. The first-order chi connectivity index (χ1) is 20.8. The van der Waals surface area contributed by atoms with Gasteiger partial charge in [0.25, 0.3) is 0 Å². The lowest BCUT2D eigenvalue weighted by Crippen LogP contribution is -2.33. The maximum atomic E-state index is 11.9. The van der Waals surface area contributed by atoms with Gasteiger partial charge in [-0.15, -0.1) is 0 Å². The standard InChI is InChI=1S/C33H44N2O4.CH2O3/c1-3-29(27-13-14-30-28(21-27)17-19-39-30)34(22-24-8-5-4-6-9-24)23-25-11-12-26(31(20-25)38-2)10-7-18-35-32(36)15-16-33(35)37;2-1(3)4/h11-14,20-21,24,29H,3-10,15-19,22-23H2,1-2H3;(H2,2,3,4). The molecule has 2 aromatic rings. The second-order valence-electron chi connectivity index (χ2n) is 11.8. The van der Waals surface area contributed by atoms with Crippen molar-refractivity contribution < 1.29 is 34.1 Å². The summed E-state index contributed by atoms with van der Waals surface area (Å²) in [4.78, 5) is 36.6. The van der Waals surface area contributed by atoms with E-state index in [2.05, 4.69) is 48.2 Å². The minimum Gasteiger partial charge on any atom is -0.496 e. The van der Waals surface area contributed by atoms with Crippen LogP contribution >= 0.6 is 0 Å². The number of methoxy groups -OCH3 is 1. The molecule has 0 spiro atoms. The van der Waals surface area contributed by atoms with Crippen LogP contribution in [0.1, 0.15) is 93.0 Å². The van der Waals surface area contributed by atoms with Crippen molar-refractivity contribution >= 4 is 18.0 Å². The predicted molar refractivity (Wildman–Crippen MR) is 164 cm³/mol. The first kappa shape index (κ1) is 32.3. The first-order valence-corrected chi connectivity index (χ1v) is 15.7. The monoisotopic (exact) mass is 594 g/mol. The topological polar surface area (TPSA) is 117 Å². The number of rotatable bonds is 12. The molecule has 9 heteroatoms. The fraction of sp³-hybridized carbons (Fsp3) is 0.559. The molecule has 43 heavy (non-hydrogen) atoms. The Labute approximate surface area is 254 Å². The van der Waals surface area contributed by atoms with Gasteiger partial charge < -0.3 is 19.7 Å². The van der Waals surface area contributed by atoms with Gasteiger partial charge in [-0.05, 0) is 72.4 Å². The van der Waals surface area contributed by atoms with Crippen molar-refractivity contribution in [1.82, 2.24) is 9.80 Å². The molecule has 234 valence electrons. The SMILES string of the molecule is CCC(c1ccc2c(c1)CCO2)N(Cc1ccc(CCCN2C(=O)CCC2=O)c(OC)c1)CC1CCCCC1.O=C(O)O. The number of carbonyl (C=O) groups excluding carboxylic acids is 2. The van der Waals surface area contributed by atoms with E-state index in [-0.39, 0.29) is 11.8 Å². The smallest absolute Gasteiger partial charge is 0.496 e. The lowest BCUT2D eigenvalue weighted by Gasteiger charge is -2.36. The largest absolute Gasteiger partial charge is 0.503 e. The molecule has 2 aromatic carbocycles. The van der Waals surface area contributed by atoms with Gasteiger partial charge >= 0.3 is 6.16 Å². The third-order valence-electron chi connectivity index (χ3n) is 8.86. The number of carbonyl (C=O) groups is 3. The van der Waals surface area contributed by atoms with Crippen molar-refractivity contribution in [2.24, 2.45) is 5.92 Å². The highest BCUT2D eigenvalue weighted by atomic mass is 16.6. The number of ether oxygens (including phenoxy) is 2. The van der Waals surface area contributed by atoms with Gasteiger partial charge in [0.05, 0.1) is 13.7 Å². The van der Waals surface area contributed by atoms with Crippen LogP contribution in [-0.4, -0.2) is 64.8 Å². The van der Waals surface area contributed by atoms with Crippen LogP contribution in [0, 0.1) is 5.92 Å². The van der Waals surface area contributed by atoms with Crippen molar-refractivity contribution in [2.45, 2.75) is 90.1 Å².